The van der Waals surface area contributed by atoms with E-state index in [2.05, 4.69) is 22.9 Å². The van der Waals surface area contributed by atoms with Crippen molar-refractivity contribution in [3.63, 3.8) is 0 Å². The van der Waals surface area contributed by atoms with Gasteiger partial charge in [0.2, 0.25) is 6.41 Å². The zero-order valence-corrected chi connectivity index (χ0v) is 14.3. The summed E-state index contributed by atoms with van der Waals surface area (Å²) in [5.74, 6) is 0. The van der Waals surface area contributed by atoms with Gasteiger partial charge in [-0.3, -0.25) is 15.0 Å². The Morgan fingerprint density at radius 2 is 1.96 bits per heavy atom. The molecule has 2 rings (SSSR count). The van der Waals surface area contributed by atoms with Crippen LogP contribution in [0.25, 0.3) is 11.1 Å². The van der Waals surface area contributed by atoms with Gasteiger partial charge >= 0.3 is 0 Å². The number of hydrogen-bond donors (Lipinski definition) is 4. The van der Waals surface area contributed by atoms with E-state index in [1.807, 2.05) is 30.3 Å². The summed E-state index contributed by atoms with van der Waals surface area (Å²) in [5, 5.41) is 16.9. The molecule has 2 aromatic carbocycles. The fraction of sp³-hybridized carbons (Fsp3) is 0.211. The molecule has 0 atom stereocenters. The van der Waals surface area contributed by atoms with Crippen LogP contribution < -0.4 is 16.0 Å². The number of carbonyl (C=O) groups excluding carboxylic acids is 2. The maximum Gasteiger partial charge on any atom is 0.211 e. The zero-order chi connectivity index (χ0) is 18.2. The van der Waals surface area contributed by atoms with Crippen LogP contribution in [0.5, 0.6) is 0 Å². The van der Waals surface area contributed by atoms with Gasteiger partial charge in [0.05, 0.1) is 11.4 Å². The van der Waals surface area contributed by atoms with Gasteiger partial charge in [0.25, 0.3) is 0 Å². The summed E-state index contributed by atoms with van der Waals surface area (Å²) in [4.78, 5) is 22.0. The molecule has 0 bridgehead atoms. The van der Waals surface area contributed by atoms with Gasteiger partial charge in [-0.25, -0.2) is 0 Å². The molecule has 0 fully saturated rings. The molecule has 0 aliphatic carbocycles. The maximum absolute atomic E-state index is 11.1. The molecular formula is C19H22N4O2. The highest BCUT2D eigenvalue weighted by atomic mass is 16.1. The third-order valence-corrected chi connectivity index (χ3v) is 3.84. The highest BCUT2D eigenvalue weighted by molar-refractivity contribution is 6.36. The molecule has 0 unspecified atom stereocenters. The van der Waals surface area contributed by atoms with E-state index in [-0.39, 0.29) is 5.71 Å². The average Bonchev–Trinajstić information content (AvgIpc) is 2.65. The van der Waals surface area contributed by atoms with Gasteiger partial charge in [-0.05, 0) is 30.2 Å². The normalized spacial score (nSPS) is 10.0. The number of hydrogen-bond acceptors (Lipinski definition) is 5. The Balaban J connectivity index is 2.60. The summed E-state index contributed by atoms with van der Waals surface area (Å²) in [6, 6.07) is 11.2. The van der Waals surface area contributed by atoms with E-state index in [0.717, 1.165) is 29.8 Å². The number of benzene rings is 2. The Bertz CT molecular complexity index is 787. The fourth-order valence-electron chi connectivity index (χ4n) is 2.63. The van der Waals surface area contributed by atoms with Gasteiger partial charge in [0.15, 0.2) is 6.29 Å². The molecule has 4 N–H and O–H groups in total. The third kappa shape index (κ3) is 4.03. The fourth-order valence-corrected chi connectivity index (χ4v) is 2.63. The molecule has 0 radical (unpaired) electrons. The van der Waals surface area contributed by atoms with Crippen LogP contribution >= 0.6 is 0 Å². The van der Waals surface area contributed by atoms with Gasteiger partial charge in [0, 0.05) is 30.4 Å². The first kappa shape index (κ1) is 18.2. The van der Waals surface area contributed by atoms with Crippen molar-refractivity contribution in [2.75, 3.05) is 29.5 Å². The molecule has 0 saturated heterocycles. The predicted octanol–water partition coefficient (Wildman–Crippen LogP) is 3.35. The molecule has 0 spiro atoms. The molecule has 2 aromatic rings. The monoisotopic (exact) mass is 338 g/mol. The lowest BCUT2D eigenvalue weighted by molar-refractivity contribution is -0.105. The highest BCUT2D eigenvalue weighted by Gasteiger charge is 2.13. The number of rotatable bonds is 9. The summed E-state index contributed by atoms with van der Waals surface area (Å²) in [6.07, 6.45) is 2.11. The summed E-state index contributed by atoms with van der Waals surface area (Å²) >= 11 is 0. The zero-order valence-electron chi connectivity index (χ0n) is 14.3. The Morgan fingerprint density at radius 1 is 1.16 bits per heavy atom. The molecule has 6 heteroatoms. The molecule has 25 heavy (non-hydrogen) atoms. The first-order valence-corrected chi connectivity index (χ1v) is 8.09. The molecule has 0 aliphatic heterocycles. The van der Waals surface area contributed by atoms with Crippen molar-refractivity contribution in [2.45, 2.75) is 13.3 Å². The van der Waals surface area contributed by atoms with Crippen LogP contribution in [0.2, 0.25) is 0 Å². The molecule has 6 nitrogen and oxygen atoms in total. The molecule has 0 heterocycles. The Hall–Kier alpha value is -3.15. The summed E-state index contributed by atoms with van der Waals surface area (Å²) in [7, 11) is 1.75. The molecule has 1 amide bonds. The van der Waals surface area contributed by atoms with E-state index in [1.165, 1.54) is 0 Å². The second kappa shape index (κ2) is 8.63. The van der Waals surface area contributed by atoms with Crippen molar-refractivity contribution in [2.24, 2.45) is 0 Å². The van der Waals surface area contributed by atoms with Crippen molar-refractivity contribution in [3.8, 4) is 11.1 Å². The third-order valence-electron chi connectivity index (χ3n) is 3.84. The molecule has 0 aliphatic rings. The lowest BCUT2D eigenvalue weighted by Gasteiger charge is -2.17. The number of nitrogens with one attached hydrogen (secondary N) is 4. The summed E-state index contributed by atoms with van der Waals surface area (Å²) in [6.45, 7) is 2.82. The Labute approximate surface area is 147 Å². The van der Waals surface area contributed by atoms with Crippen LogP contribution in [0.4, 0.5) is 17.1 Å². The van der Waals surface area contributed by atoms with E-state index in [0.29, 0.717) is 29.6 Å². The maximum atomic E-state index is 11.1. The van der Waals surface area contributed by atoms with Gasteiger partial charge < -0.3 is 16.0 Å². The lowest BCUT2D eigenvalue weighted by atomic mass is 9.97. The predicted molar refractivity (Wildman–Crippen MR) is 103 cm³/mol. The van der Waals surface area contributed by atoms with E-state index in [9.17, 15) is 9.59 Å². The van der Waals surface area contributed by atoms with Gasteiger partial charge in [-0.1, -0.05) is 25.1 Å². The SMILES string of the molecule is CCCNc1c(NC=O)cccc1-c1ccc(NC)c(C(=N)C=O)c1. The van der Waals surface area contributed by atoms with Crippen molar-refractivity contribution in [1.29, 1.82) is 5.41 Å². The highest BCUT2D eigenvalue weighted by Crippen LogP contribution is 2.35. The van der Waals surface area contributed by atoms with Gasteiger partial charge in [-0.2, -0.15) is 0 Å². The van der Waals surface area contributed by atoms with E-state index >= 15 is 0 Å². The van der Waals surface area contributed by atoms with Crippen molar-refractivity contribution < 1.29 is 9.59 Å². The quantitative estimate of drug-likeness (QED) is 0.416. The van der Waals surface area contributed by atoms with Crippen LogP contribution in [0.1, 0.15) is 18.9 Å². The number of amides is 1. The van der Waals surface area contributed by atoms with Crippen LogP contribution in [0, 0.1) is 5.41 Å². The Kier molecular flexibility index (Phi) is 6.28. The largest absolute Gasteiger partial charge is 0.388 e. The standard InChI is InChI=1S/C19H22N4O2/c1-3-9-22-19-14(5-4-6-18(19)23-12-25)13-7-8-17(21-2)15(10-13)16(20)11-24/h4-8,10-12,20-22H,3,9H2,1-2H3,(H,23,25). The van der Waals surface area contributed by atoms with Crippen molar-refractivity contribution >= 4 is 35.5 Å². The van der Waals surface area contributed by atoms with Crippen molar-refractivity contribution in [1.82, 2.24) is 0 Å². The van der Waals surface area contributed by atoms with E-state index in [1.54, 1.807) is 13.1 Å². The van der Waals surface area contributed by atoms with Gasteiger partial charge in [-0.15, -0.1) is 0 Å². The molecular weight excluding hydrogens is 316 g/mol. The first-order valence-electron chi connectivity index (χ1n) is 8.09. The number of aldehydes is 1. The molecule has 0 saturated carbocycles. The topological polar surface area (TPSA) is 94.1 Å². The van der Waals surface area contributed by atoms with Crippen molar-refractivity contribution in [3.05, 3.63) is 42.0 Å². The summed E-state index contributed by atoms with van der Waals surface area (Å²) < 4.78 is 0. The number of para-hydroxylation sites is 1. The van der Waals surface area contributed by atoms with Crippen LogP contribution in [0.15, 0.2) is 36.4 Å². The Morgan fingerprint density at radius 3 is 2.60 bits per heavy atom. The molecule has 0 aromatic heterocycles. The smallest absolute Gasteiger partial charge is 0.211 e. The van der Waals surface area contributed by atoms with E-state index < -0.39 is 0 Å². The summed E-state index contributed by atoms with van der Waals surface area (Å²) in [5.41, 5.74) is 4.41. The number of anilines is 3. The minimum Gasteiger partial charge on any atom is -0.388 e. The minimum atomic E-state index is -0.0866. The molecule has 130 valence electrons. The lowest BCUT2D eigenvalue weighted by Crippen LogP contribution is -2.07. The average molecular weight is 338 g/mol. The first-order chi connectivity index (χ1) is 12.2. The van der Waals surface area contributed by atoms with Crippen LogP contribution in [0.3, 0.4) is 0 Å². The van der Waals surface area contributed by atoms with Crippen LogP contribution in [-0.2, 0) is 9.59 Å². The second-order valence-corrected chi connectivity index (χ2v) is 5.46. The van der Waals surface area contributed by atoms with E-state index in [4.69, 9.17) is 5.41 Å². The minimum absolute atomic E-state index is 0.0866. The van der Waals surface area contributed by atoms with Crippen LogP contribution in [-0.4, -0.2) is 32.0 Å². The number of carbonyl (C=O) groups is 2. The second-order valence-electron chi connectivity index (χ2n) is 5.46. The van der Waals surface area contributed by atoms with Gasteiger partial charge in [0.1, 0.15) is 5.71 Å².